The van der Waals surface area contributed by atoms with Crippen molar-refractivity contribution < 1.29 is 4.79 Å². The molecular weight excluding hydrogens is 226 g/mol. The van der Waals surface area contributed by atoms with E-state index in [4.69, 9.17) is 0 Å². The third-order valence-electron chi connectivity index (χ3n) is 4.53. The van der Waals surface area contributed by atoms with Gasteiger partial charge in [-0.3, -0.25) is 4.79 Å². The Morgan fingerprint density at radius 3 is 2.89 bits per heavy atom. The van der Waals surface area contributed by atoms with Crippen molar-refractivity contribution in [1.82, 2.24) is 15.1 Å². The van der Waals surface area contributed by atoms with Crippen LogP contribution in [0.3, 0.4) is 0 Å². The van der Waals surface area contributed by atoms with E-state index < -0.39 is 0 Å². The predicted molar refractivity (Wildman–Crippen MR) is 73.5 cm³/mol. The first-order valence-corrected chi connectivity index (χ1v) is 7.31. The van der Waals surface area contributed by atoms with Crippen LogP contribution in [0.4, 0.5) is 0 Å². The highest BCUT2D eigenvalue weighted by Gasteiger charge is 2.31. The van der Waals surface area contributed by atoms with E-state index >= 15 is 0 Å². The Morgan fingerprint density at radius 2 is 2.17 bits per heavy atom. The first kappa shape index (κ1) is 13.8. The van der Waals surface area contributed by atoms with Crippen LogP contribution in [-0.2, 0) is 4.79 Å². The number of hydrogen-bond acceptors (Lipinski definition) is 3. The van der Waals surface area contributed by atoms with Crippen LogP contribution in [0.1, 0.15) is 39.5 Å². The van der Waals surface area contributed by atoms with Crippen LogP contribution in [0.25, 0.3) is 0 Å². The Labute approximate surface area is 111 Å². The molecule has 1 amide bonds. The summed E-state index contributed by atoms with van der Waals surface area (Å²) < 4.78 is 0. The summed E-state index contributed by atoms with van der Waals surface area (Å²) in [6.45, 7) is 7.08. The molecule has 0 aliphatic carbocycles. The lowest BCUT2D eigenvalue weighted by Gasteiger charge is -2.35. The highest BCUT2D eigenvalue weighted by Crippen LogP contribution is 2.26. The molecule has 2 aliphatic heterocycles. The number of nitrogens with one attached hydrogen (secondary N) is 1. The molecular formula is C14H27N3O. The fourth-order valence-electron chi connectivity index (χ4n) is 3.05. The number of hydrogen-bond donors (Lipinski definition) is 1. The lowest BCUT2D eigenvalue weighted by molar-refractivity contribution is -0.130. The van der Waals surface area contributed by atoms with Crippen molar-refractivity contribution in [2.24, 2.45) is 0 Å². The van der Waals surface area contributed by atoms with Crippen LogP contribution in [0, 0.1) is 0 Å². The maximum absolute atomic E-state index is 11.9. The molecule has 1 N–H and O–H groups in total. The molecule has 0 aromatic heterocycles. The van der Waals surface area contributed by atoms with E-state index in [-0.39, 0.29) is 11.9 Å². The summed E-state index contributed by atoms with van der Waals surface area (Å²) in [5, 5.41) is 3.45. The van der Waals surface area contributed by atoms with Crippen molar-refractivity contribution in [2.45, 2.75) is 57.7 Å². The minimum Gasteiger partial charge on any atom is -0.342 e. The van der Waals surface area contributed by atoms with E-state index in [1.165, 1.54) is 38.8 Å². The van der Waals surface area contributed by atoms with Gasteiger partial charge in [0, 0.05) is 25.2 Å². The third-order valence-corrected chi connectivity index (χ3v) is 4.53. The molecule has 104 valence electrons. The highest BCUT2D eigenvalue weighted by molar-refractivity contribution is 5.78. The Hall–Kier alpha value is -0.610. The number of rotatable bonds is 4. The number of nitrogens with zero attached hydrogens (tertiary/aromatic N) is 2. The summed E-state index contributed by atoms with van der Waals surface area (Å²) in [5.41, 5.74) is 0. The first-order chi connectivity index (χ1) is 8.58. The van der Waals surface area contributed by atoms with E-state index in [9.17, 15) is 4.79 Å². The fraction of sp³-hybridized carbons (Fsp3) is 0.929. The van der Waals surface area contributed by atoms with Gasteiger partial charge in [-0.05, 0) is 52.6 Å². The standard InChI is InChI=1S/C14H27N3O/c1-11(2)16(3)14(18)10-15-12-6-8-17-7-4-5-13(17)9-12/h11-13,15H,4-10H2,1-3H3. The van der Waals surface area contributed by atoms with Crippen LogP contribution in [0.5, 0.6) is 0 Å². The molecule has 0 aromatic carbocycles. The molecule has 2 heterocycles. The number of carbonyl (C=O) groups is 1. The Balaban J connectivity index is 1.72. The monoisotopic (exact) mass is 253 g/mol. The van der Waals surface area contributed by atoms with Gasteiger partial charge in [0.25, 0.3) is 0 Å². The molecule has 0 spiro atoms. The third kappa shape index (κ3) is 3.23. The van der Waals surface area contributed by atoms with Crippen molar-refractivity contribution in [1.29, 1.82) is 0 Å². The van der Waals surface area contributed by atoms with Crippen LogP contribution in [-0.4, -0.2) is 60.5 Å². The normalized spacial score (nSPS) is 28.4. The summed E-state index contributed by atoms with van der Waals surface area (Å²) in [6, 6.07) is 1.60. The molecule has 2 rings (SSSR count). The van der Waals surface area contributed by atoms with Crippen LogP contribution < -0.4 is 5.32 Å². The summed E-state index contributed by atoms with van der Waals surface area (Å²) in [6.07, 6.45) is 5.11. The van der Waals surface area contributed by atoms with E-state index in [0.29, 0.717) is 12.6 Å². The SMILES string of the molecule is CC(C)N(C)C(=O)CNC1CCN2CCCC2C1. The number of amides is 1. The van der Waals surface area contributed by atoms with Gasteiger partial charge >= 0.3 is 0 Å². The molecule has 0 radical (unpaired) electrons. The predicted octanol–water partition coefficient (Wildman–Crippen LogP) is 1.07. The van der Waals surface area contributed by atoms with Gasteiger partial charge in [-0.2, -0.15) is 0 Å². The molecule has 2 atom stereocenters. The van der Waals surface area contributed by atoms with Crippen molar-refractivity contribution in [3.8, 4) is 0 Å². The summed E-state index contributed by atoms with van der Waals surface area (Å²) in [5.74, 6) is 0.207. The molecule has 18 heavy (non-hydrogen) atoms. The summed E-state index contributed by atoms with van der Waals surface area (Å²) in [4.78, 5) is 16.3. The average molecular weight is 253 g/mol. The minimum absolute atomic E-state index is 0.207. The van der Waals surface area contributed by atoms with Gasteiger partial charge < -0.3 is 15.1 Å². The molecule has 0 saturated carbocycles. The van der Waals surface area contributed by atoms with Gasteiger partial charge in [0.1, 0.15) is 0 Å². The number of fused-ring (bicyclic) bond motifs is 1. The molecule has 2 unspecified atom stereocenters. The second-order valence-electron chi connectivity index (χ2n) is 6.03. The lowest BCUT2D eigenvalue weighted by Crippen LogP contribution is -2.48. The van der Waals surface area contributed by atoms with Gasteiger partial charge in [-0.1, -0.05) is 0 Å². The smallest absolute Gasteiger partial charge is 0.236 e. The first-order valence-electron chi connectivity index (χ1n) is 7.31. The molecule has 0 bridgehead atoms. The van der Waals surface area contributed by atoms with Crippen molar-refractivity contribution in [3.63, 3.8) is 0 Å². The number of likely N-dealkylation sites (N-methyl/N-ethyl adjacent to an activating group) is 1. The second-order valence-corrected chi connectivity index (χ2v) is 6.03. The summed E-state index contributed by atoms with van der Waals surface area (Å²) >= 11 is 0. The zero-order chi connectivity index (χ0) is 13.1. The average Bonchev–Trinajstić information content (AvgIpc) is 2.82. The second kappa shape index (κ2) is 6.02. The van der Waals surface area contributed by atoms with Crippen LogP contribution >= 0.6 is 0 Å². The van der Waals surface area contributed by atoms with Crippen molar-refractivity contribution in [3.05, 3.63) is 0 Å². The van der Waals surface area contributed by atoms with E-state index in [2.05, 4.69) is 24.1 Å². The highest BCUT2D eigenvalue weighted by atomic mass is 16.2. The van der Waals surface area contributed by atoms with Gasteiger partial charge in [0.15, 0.2) is 0 Å². The van der Waals surface area contributed by atoms with E-state index in [1.54, 1.807) is 0 Å². The fourth-order valence-corrected chi connectivity index (χ4v) is 3.05. The van der Waals surface area contributed by atoms with E-state index in [0.717, 1.165) is 6.04 Å². The van der Waals surface area contributed by atoms with Crippen LogP contribution in [0.2, 0.25) is 0 Å². The largest absolute Gasteiger partial charge is 0.342 e. The van der Waals surface area contributed by atoms with Crippen LogP contribution in [0.15, 0.2) is 0 Å². The number of piperidine rings is 1. The van der Waals surface area contributed by atoms with Gasteiger partial charge in [-0.15, -0.1) is 0 Å². The maximum atomic E-state index is 11.9. The molecule has 2 aliphatic rings. The Kier molecular flexibility index (Phi) is 4.62. The maximum Gasteiger partial charge on any atom is 0.236 e. The quantitative estimate of drug-likeness (QED) is 0.814. The van der Waals surface area contributed by atoms with E-state index in [1.807, 2.05) is 11.9 Å². The Bertz CT molecular complexity index is 293. The Morgan fingerprint density at radius 1 is 1.39 bits per heavy atom. The zero-order valence-electron chi connectivity index (χ0n) is 12.0. The molecule has 4 nitrogen and oxygen atoms in total. The molecule has 4 heteroatoms. The minimum atomic E-state index is 0.207. The van der Waals surface area contributed by atoms with Gasteiger partial charge in [0.2, 0.25) is 5.91 Å². The zero-order valence-corrected chi connectivity index (χ0v) is 12.0. The topological polar surface area (TPSA) is 35.6 Å². The van der Waals surface area contributed by atoms with Crippen molar-refractivity contribution in [2.75, 3.05) is 26.7 Å². The van der Waals surface area contributed by atoms with Gasteiger partial charge in [0.05, 0.1) is 6.54 Å². The van der Waals surface area contributed by atoms with Gasteiger partial charge in [-0.25, -0.2) is 0 Å². The number of carbonyl (C=O) groups excluding carboxylic acids is 1. The molecule has 2 saturated heterocycles. The molecule has 2 fully saturated rings. The molecule has 0 aromatic rings. The lowest BCUT2D eigenvalue weighted by atomic mass is 9.97. The summed E-state index contributed by atoms with van der Waals surface area (Å²) in [7, 11) is 1.88. The van der Waals surface area contributed by atoms with Crippen molar-refractivity contribution >= 4 is 5.91 Å².